The normalized spacial score (nSPS) is 11.9. The molecule has 0 spiro atoms. The lowest BCUT2D eigenvalue weighted by molar-refractivity contribution is -0.123. The predicted molar refractivity (Wildman–Crippen MR) is 147 cm³/mol. The highest BCUT2D eigenvalue weighted by Crippen LogP contribution is 2.36. The summed E-state index contributed by atoms with van der Waals surface area (Å²) in [5.41, 5.74) is 5.79. The molecule has 190 valence electrons. The molecule has 0 atom stereocenters. The van der Waals surface area contributed by atoms with Crippen LogP contribution in [0.5, 0.6) is 11.5 Å². The molecular weight excluding hydrogens is 472 g/mol. The van der Waals surface area contributed by atoms with Crippen LogP contribution < -0.4 is 14.9 Å². The maximum absolute atomic E-state index is 12.1. The van der Waals surface area contributed by atoms with Gasteiger partial charge in [-0.15, -0.1) is 0 Å². The summed E-state index contributed by atoms with van der Waals surface area (Å²) in [5, 5.41) is 4.69. The Kier molecular flexibility index (Phi) is 9.16. The van der Waals surface area contributed by atoms with Crippen molar-refractivity contribution in [1.82, 2.24) is 5.43 Å². The molecule has 0 saturated heterocycles. The Balaban J connectivity index is 1.42. The number of hydrogen-bond acceptors (Lipinski definition) is 4. The monoisotopic (exact) mass is 506 g/mol. The van der Waals surface area contributed by atoms with E-state index in [9.17, 15) is 4.79 Å². The van der Waals surface area contributed by atoms with Crippen LogP contribution in [-0.4, -0.2) is 18.7 Å². The van der Waals surface area contributed by atoms with E-state index in [1.54, 1.807) is 6.21 Å². The molecule has 3 aromatic rings. The van der Waals surface area contributed by atoms with E-state index in [-0.39, 0.29) is 23.3 Å². The molecule has 0 heterocycles. The number of ether oxygens (including phenoxy) is 2. The van der Waals surface area contributed by atoms with E-state index in [4.69, 9.17) is 21.1 Å². The third-order valence-electron chi connectivity index (χ3n) is 5.61. The molecular formula is C30H35ClN2O3. The number of rotatable bonds is 10. The number of benzene rings is 3. The first-order valence-corrected chi connectivity index (χ1v) is 12.4. The second-order valence-corrected chi connectivity index (χ2v) is 11.1. The topological polar surface area (TPSA) is 59.9 Å². The van der Waals surface area contributed by atoms with Gasteiger partial charge in [0, 0.05) is 10.6 Å². The fraction of sp³-hybridized carbons (Fsp3) is 0.333. The molecule has 0 fully saturated rings. The minimum Gasteiger partial charge on any atom is -0.489 e. The molecule has 1 N–H and O–H groups in total. The summed E-state index contributed by atoms with van der Waals surface area (Å²) < 4.78 is 11.4. The van der Waals surface area contributed by atoms with E-state index in [2.05, 4.69) is 57.3 Å². The number of hydrogen-bond donors (Lipinski definition) is 1. The van der Waals surface area contributed by atoms with Crippen LogP contribution in [0, 0.1) is 5.41 Å². The van der Waals surface area contributed by atoms with E-state index in [1.807, 2.05) is 60.7 Å². The van der Waals surface area contributed by atoms with Gasteiger partial charge in [0.1, 0.15) is 18.1 Å². The molecule has 0 unspecified atom stereocenters. The fourth-order valence-electron chi connectivity index (χ4n) is 4.22. The van der Waals surface area contributed by atoms with Gasteiger partial charge in [-0.3, -0.25) is 4.79 Å². The Bertz CT molecular complexity index is 1160. The standard InChI is InChI=1S/C30H35ClN2O3/c1-29(2,3)21-30(4,5)24-12-16-26(17-13-24)36-20-28(34)33-32-18-22-10-14-25(15-11-22)35-19-23-8-6-7-9-27(23)31/h6-18H,19-21H2,1-5H3,(H,33,34)/b32-18+. The van der Waals surface area contributed by atoms with Crippen molar-refractivity contribution in [2.45, 2.75) is 53.1 Å². The van der Waals surface area contributed by atoms with Crippen molar-refractivity contribution in [3.63, 3.8) is 0 Å². The van der Waals surface area contributed by atoms with Gasteiger partial charge in [0.2, 0.25) is 0 Å². The number of carbonyl (C=O) groups excluding carboxylic acids is 1. The zero-order chi connectivity index (χ0) is 26.2. The van der Waals surface area contributed by atoms with Crippen molar-refractivity contribution in [2.75, 3.05) is 6.61 Å². The molecule has 0 bridgehead atoms. The molecule has 0 radical (unpaired) electrons. The summed E-state index contributed by atoms with van der Waals surface area (Å²) in [7, 11) is 0. The second-order valence-electron chi connectivity index (χ2n) is 10.7. The largest absolute Gasteiger partial charge is 0.489 e. The van der Waals surface area contributed by atoms with E-state index in [0.717, 1.165) is 23.3 Å². The molecule has 5 nitrogen and oxygen atoms in total. The van der Waals surface area contributed by atoms with Crippen LogP contribution in [0.1, 0.15) is 57.7 Å². The van der Waals surface area contributed by atoms with Crippen LogP contribution in [0.4, 0.5) is 0 Å². The molecule has 6 heteroatoms. The summed E-state index contributed by atoms with van der Waals surface area (Å²) in [4.78, 5) is 12.1. The van der Waals surface area contributed by atoms with Crippen LogP contribution in [0.25, 0.3) is 0 Å². The van der Waals surface area contributed by atoms with Gasteiger partial charge in [0.25, 0.3) is 5.91 Å². The summed E-state index contributed by atoms with van der Waals surface area (Å²) in [6.45, 7) is 11.5. The van der Waals surface area contributed by atoms with Crippen molar-refractivity contribution in [3.8, 4) is 11.5 Å². The van der Waals surface area contributed by atoms with Gasteiger partial charge < -0.3 is 9.47 Å². The highest BCUT2D eigenvalue weighted by atomic mass is 35.5. The van der Waals surface area contributed by atoms with Crippen LogP contribution in [0.15, 0.2) is 77.9 Å². The van der Waals surface area contributed by atoms with Crippen molar-refractivity contribution >= 4 is 23.7 Å². The quantitative estimate of drug-likeness (QED) is 0.234. The van der Waals surface area contributed by atoms with Crippen molar-refractivity contribution < 1.29 is 14.3 Å². The zero-order valence-electron chi connectivity index (χ0n) is 21.7. The average Bonchev–Trinajstić information content (AvgIpc) is 2.82. The van der Waals surface area contributed by atoms with Crippen LogP contribution in [-0.2, 0) is 16.8 Å². The van der Waals surface area contributed by atoms with Gasteiger partial charge in [-0.05, 0) is 70.8 Å². The smallest absolute Gasteiger partial charge is 0.277 e. The minimum atomic E-state index is -0.330. The van der Waals surface area contributed by atoms with Crippen molar-refractivity contribution in [3.05, 3.63) is 94.5 Å². The average molecular weight is 507 g/mol. The van der Waals surface area contributed by atoms with Crippen LogP contribution in [0.3, 0.4) is 0 Å². The lowest BCUT2D eigenvalue weighted by Gasteiger charge is -2.33. The first kappa shape index (κ1) is 27.3. The Labute approximate surface area is 219 Å². The lowest BCUT2D eigenvalue weighted by Crippen LogP contribution is -2.25. The van der Waals surface area contributed by atoms with Gasteiger partial charge in [-0.1, -0.05) is 76.6 Å². The summed E-state index contributed by atoms with van der Waals surface area (Å²) >= 11 is 6.16. The zero-order valence-corrected chi connectivity index (χ0v) is 22.4. The van der Waals surface area contributed by atoms with Gasteiger partial charge in [-0.25, -0.2) is 5.43 Å². The van der Waals surface area contributed by atoms with Crippen molar-refractivity contribution in [1.29, 1.82) is 0 Å². The molecule has 0 aliphatic carbocycles. The molecule has 0 aromatic heterocycles. The SMILES string of the molecule is CC(C)(C)CC(C)(C)c1ccc(OCC(=O)N/N=C/c2ccc(OCc3ccccc3Cl)cc2)cc1. The van der Waals surface area contributed by atoms with Gasteiger partial charge in [-0.2, -0.15) is 5.10 Å². The summed E-state index contributed by atoms with van der Waals surface area (Å²) in [6, 6.07) is 22.9. The molecule has 3 rings (SSSR count). The van der Waals surface area contributed by atoms with E-state index < -0.39 is 0 Å². The molecule has 3 aromatic carbocycles. The maximum Gasteiger partial charge on any atom is 0.277 e. The number of nitrogens with zero attached hydrogens (tertiary/aromatic N) is 1. The Hall–Kier alpha value is -3.31. The predicted octanol–water partition coefficient (Wildman–Crippen LogP) is 7.16. The van der Waals surface area contributed by atoms with Gasteiger partial charge in [0.15, 0.2) is 6.61 Å². The minimum absolute atomic E-state index is 0.0583. The summed E-state index contributed by atoms with van der Waals surface area (Å²) in [5.74, 6) is 1.04. The Morgan fingerprint density at radius 2 is 1.50 bits per heavy atom. The van der Waals surface area contributed by atoms with Gasteiger partial charge in [0.05, 0.1) is 6.21 Å². The number of carbonyl (C=O) groups is 1. The van der Waals surface area contributed by atoms with Crippen molar-refractivity contribution in [2.24, 2.45) is 10.5 Å². The molecule has 1 amide bonds. The van der Waals surface area contributed by atoms with E-state index >= 15 is 0 Å². The Morgan fingerprint density at radius 1 is 0.889 bits per heavy atom. The first-order chi connectivity index (χ1) is 17.0. The van der Waals surface area contributed by atoms with E-state index in [1.165, 1.54) is 5.56 Å². The van der Waals surface area contributed by atoms with Crippen LogP contribution in [0.2, 0.25) is 5.02 Å². The second kappa shape index (κ2) is 12.1. The van der Waals surface area contributed by atoms with Gasteiger partial charge >= 0.3 is 0 Å². The third kappa shape index (κ3) is 8.72. The molecule has 36 heavy (non-hydrogen) atoms. The molecule has 0 saturated carbocycles. The number of hydrazone groups is 1. The number of nitrogens with one attached hydrogen (secondary N) is 1. The molecule has 0 aliphatic rings. The summed E-state index contributed by atoms with van der Waals surface area (Å²) in [6.07, 6.45) is 2.64. The maximum atomic E-state index is 12.1. The first-order valence-electron chi connectivity index (χ1n) is 12.0. The Morgan fingerprint density at radius 3 is 2.14 bits per heavy atom. The number of halogens is 1. The molecule has 0 aliphatic heterocycles. The lowest BCUT2D eigenvalue weighted by atomic mass is 9.72. The fourth-order valence-corrected chi connectivity index (χ4v) is 4.41. The van der Waals surface area contributed by atoms with E-state index in [0.29, 0.717) is 17.4 Å². The number of amides is 1. The van der Waals surface area contributed by atoms with Crippen LogP contribution >= 0.6 is 11.6 Å². The third-order valence-corrected chi connectivity index (χ3v) is 5.98. The highest BCUT2D eigenvalue weighted by molar-refractivity contribution is 6.31. The highest BCUT2D eigenvalue weighted by Gasteiger charge is 2.27.